The van der Waals surface area contributed by atoms with Crippen molar-refractivity contribution in [3.05, 3.63) is 52.4 Å². The van der Waals surface area contributed by atoms with E-state index in [1.165, 1.54) is 0 Å². The zero-order chi connectivity index (χ0) is 16.1. The molecular formula is C15H16ClN3O3. The summed E-state index contributed by atoms with van der Waals surface area (Å²) in [4.78, 5) is 23.6. The van der Waals surface area contributed by atoms with E-state index >= 15 is 0 Å². The van der Waals surface area contributed by atoms with Crippen molar-refractivity contribution in [2.24, 2.45) is 5.73 Å². The number of rotatable bonds is 6. The second kappa shape index (κ2) is 7.09. The van der Waals surface area contributed by atoms with Crippen LogP contribution in [0.1, 0.15) is 16.8 Å². The first-order chi connectivity index (χ1) is 10.5. The average Bonchev–Trinajstić information content (AvgIpc) is 2.79. The Labute approximate surface area is 132 Å². The van der Waals surface area contributed by atoms with E-state index in [-0.39, 0.29) is 17.5 Å². The topological polar surface area (TPSA) is 98.2 Å². The molecule has 22 heavy (non-hydrogen) atoms. The standard InChI is InChI=1S/C15H16ClN3O3/c1-9-11(14(16)22-19-9)8-13(20)18-12(15(17)21)7-10-5-3-2-4-6-10/h2-6,12H,7-8H2,1H3,(H2,17,21)(H,18,20)/t12-/m1/s1. The van der Waals surface area contributed by atoms with Gasteiger partial charge in [0.1, 0.15) is 6.04 Å². The number of hydrogen-bond acceptors (Lipinski definition) is 4. The highest BCUT2D eigenvalue weighted by atomic mass is 35.5. The Kier molecular flexibility index (Phi) is 5.16. The lowest BCUT2D eigenvalue weighted by Gasteiger charge is -2.15. The maximum absolute atomic E-state index is 12.1. The van der Waals surface area contributed by atoms with Crippen LogP contribution >= 0.6 is 11.6 Å². The Bertz CT molecular complexity index is 650. The van der Waals surface area contributed by atoms with Gasteiger partial charge < -0.3 is 15.6 Å². The third-order valence-corrected chi connectivity index (χ3v) is 3.53. The minimum absolute atomic E-state index is 0.0211. The quantitative estimate of drug-likeness (QED) is 0.840. The SMILES string of the molecule is Cc1noc(Cl)c1CC(=O)N[C@H](Cc1ccccc1)C(N)=O. The van der Waals surface area contributed by atoms with Gasteiger partial charge >= 0.3 is 0 Å². The molecule has 0 aliphatic heterocycles. The number of hydrogen-bond donors (Lipinski definition) is 2. The number of halogens is 1. The Balaban J connectivity index is 2.02. The van der Waals surface area contributed by atoms with Crippen LogP contribution in [-0.2, 0) is 22.4 Å². The lowest BCUT2D eigenvalue weighted by atomic mass is 10.0. The number of nitrogens with two attached hydrogens (primary N) is 1. The summed E-state index contributed by atoms with van der Waals surface area (Å²) in [5, 5.41) is 6.36. The van der Waals surface area contributed by atoms with Crippen LogP contribution in [0.4, 0.5) is 0 Å². The van der Waals surface area contributed by atoms with E-state index in [1.807, 2.05) is 30.3 Å². The number of amides is 2. The summed E-state index contributed by atoms with van der Waals surface area (Å²) >= 11 is 5.82. The molecule has 1 atom stereocenters. The first kappa shape index (κ1) is 16.0. The van der Waals surface area contributed by atoms with Crippen molar-refractivity contribution in [2.75, 3.05) is 0 Å². The summed E-state index contributed by atoms with van der Waals surface area (Å²) in [5.74, 6) is -0.960. The van der Waals surface area contributed by atoms with Crippen LogP contribution < -0.4 is 11.1 Å². The van der Waals surface area contributed by atoms with Gasteiger partial charge in [-0.15, -0.1) is 0 Å². The molecule has 116 valence electrons. The summed E-state index contributed by atoms with van der Waals surface area (Å²) in [6.45, 7) is 1.69. The van der Waals surface area contributed by atoms with Gasteiger partial charge in [0.2, 0.25) is 17.0 Å². The molecule has 2 amide bonds. The minimum Gasteiger partial charge on any atom is -0.368 e. The molecule has 0 fully saturated rings. The molecule has 7 heteroatoms. The largest absolute Gasteiger partial charge is 0.368 e. The molecule has 2 aromatic rings. The van der Waals surface area contributed by atoms with Gasteiger partial charge in [-0.25, -0.2) is 0 Å². The van der Waals surface area contributed by atoms with E-state index in [9.17, 15) is 9.59 Å². The number of carbonyl (C=O) groups excluding carboxylic acids is 2. The van der Waals surface area contributed by atoms with Crippen LogP contribution in [0.5, 0.6) is 0 Å². The van der Waals surface area contributed by atoms with Crippen molar-refractivity contribution in [1.82, 2.24) is 10.5 Å². The minimum atomic E-state index is -0.783. The lowest BCUT2D eigenvalue weighted by molar-refractivity contribution is -0.127. The van der Waals surface area contributed by atoms with Crippen LogP contribution in [0, 0.1) is 6.92 Å². The second-order valence-electron chi connectivity index (χ2n) is 4.91. The van der Waals surface area contributed by atoms with Gasteiger partial charge in [-0.3, -0.25) is 9.59 Å². The van der Waals surface area contributed by atoms with Gasteiger partial charge in [0.15, 0.2) is 0 Å². The van der Waals surface area contributed by atoms with Gasteiger partial charge in [-0.05, 0) is 24.1 Å². The predicted molar refractivity (Wildman–Crippen MR) is 81.2 cm³/mol. The fourth-order valence-electron chi connectivity index (χ4n) is 2.04. The molecule has 0 saturated carbocycles. The zero-order valence-corrected chi connectivity index (χ0v) is 12.8. The first-order valence-electron chi connectivity index (χ1n) is 6.70. The molecular weight excluding hydrogens is 306 g/mol. The third kappa shape index (κ3) is 4.08. The molecule has 0 radical (unpaired) electrons. The number of aryl methyl sites for hydroxylation is 1. The van der Waals surface area contributed by atoms with Crippen molar-refractivity contribution in [1.29, 1.82) is 0 Å². The molecule has 6 nitrogen and oxygen atoms in total. The lowest BCUT2D eigenvalue weighted by Crippen LogP contribution is -2.46. The monoisotopic (exact) mass is 321 g/mol. The fraction of sp³-hybridized carbons (Fsp3) is 0.267. The third-order valence-electron chi connectivity index (χ3n) is 3.24. The van der Waals surface area contributed by atoms with Crippen molar-refractivity contribution >= 4 is 23.4 Å². The predicted octanol–water partition coefficient (Wildman–Crippen LogP) is 1.39. The number of aromatic nitrogens is 1. The van der Waals surface area contributed by atoms with E-state index in [1.54, 1.807) is 6.92 Å². The molecule has 1 aromatic carbocycles. The van der Waals surface area contributed by atoms with Gasteiger partial charge in [0.05, 0.1) is 12.1 Å². The second-order valence-corrected chi connectivity index (χ2v) is 5.25. The molecule has 0 aliphatic carbocycles. The molecule has 2 rings (SSSR count). The fourth-order valence-corrected chi connectivity index (χ4v) is 2.27. The molecule has 0 spiro atoms. The van der Waals surface area contributed by atoms with Gasteiger partial charge in [0.25, 0.3) is 0 Å². The number of benzene rings is 1. The maximum atomic E-state index is 12.1. The Hall–Kier alpha value is -2.34. The Morgan fingerprint density at radius 3 is 2.59 bits per heavy atom. The van der Waals surface area contributed by atoms with Crippen LogP contribution in [0.3, 0.4) is 0 Å². The Morgan fingerprint density at radius 1 is 1.36 bits per heavy atom. The number of nitrogens with zero attached hydrogens (tertiary/aromatic N) is 1. The number of primary amides is 1. The van der Waals surface area contributed by atoms with E-state index in [0.717, 1.165) is 5.56 Å². The van der Waals surface area contributed by atoms with E-state index in [4.69, 9.17) is 21.9 Å². The van der Waals surface area contributed by atoms with E-state index < -0.39 is 11.9 Å². The summed E-state index contributed by atoms with van der Waals surface area (Å²) in [5.41, 5.74) is 7.31. The summed E-state index contributed by atoms with van der Waals surface area (Å²) in [7, 11) is 0. The highest BCUT2D eigenvalue weighted by Crippen LogP contribution is 2.19. The number of nitrogens with one attached hydrogen (secondary N) is 1. The molecule has 0 bridgehead atoms. The molecule has 0 unspecified atom stereocenters. The highest BCUT2D eigenvalue weighted by Gasteiger charge is 2.21. The summed E-state index contributed by atoms with van der Waals surface area (Å²) < 4.78 is 4.79. The first-order valence-corrected chi connectivity index (χ1v) is 7.08. The van der Waals surface area contributed by atoms with Crippen LogP contribution in [0.25, 0.3) is 0 Å². The van der Waals surface area contributed by atoms with Gasteiger partial charge in [-0.2, -0.15) is 0 Å². The van der Waals surface area contributed by atoms with Gasteiger partial charge in [-0.1, -0.05) is 35.5 Å². The highest BCUT2D eigenvalue weighted by molar-refractivity contribution is 6.29. The molecule has 3 N–H and O–H groups in total. The van der Waals surface area contributed by atoms with Crippen LogP contribution in [0.15, 0.2) is 34.9 Å². The molecule has 1 aromatic heterocycles. The average molecular weight is 322 g/mol. The van der Waals surface area contributed by atoms with E-state index in [2.05, 4.69) is 10.5 Å². The smallest absolute Gasteiger partial charge is 0.240 e. The molecule has 0 aliphatic rings. The molecule has 0 saturated heterocycles. The zero-order valence-electron chi connectivity index (χ0n) is 12.0. The molecule has 1 heterocycles. The van der Waals surface area contributed by atoms with Crippen molar-refractivity contribution in [3.63, 3.8) is 0 Å². The summed E-state index contributed by atoms with van der Waals surface area (Å²) in [6, 6.07) is 8.53. The maximum Gasteiger partial charge on any atom is 0.240 e. The number of carbonyl (C=O) groups is 2. The van der Waals surface area contributed by atoms with E-state index in [0.29, 0.717) is 17.7 Å². The normalized spacial score (nSPS) is 11.9. The summed E-state index contributed by atoms with van der Waals surface area (Å²) in [6.07, 6.45) is 0.311. The van der Waals surface area contributed by atoms with Crippen LogP contribution in [-0.4, -0.2) is 23.0 Å². The van der Waals surface area contributed by atoms with Crippen molar-refractivity contribution < 1.29 is 14.1 Å². The van der Waals surface area contributed by atoms with Crippen molar-refractivity contribution in [2.45, 2.75) is 25.8 Å². The van der Waals surface area contributed by atoms with Crippen molar-refractivity contribution in [3.8, 4) is 0 Å². The Morgan fingerprint density at radius 2 is 2.05 bits per heavy atom. The van der Waals surface area contributed by atoms with Crippen LogP contribution in [0.2, 0.25) is 5.22 Å². The van der Waals surface area contributed by atoms with Gasteiger partial charge in [0, 0.05) is 12.0 Å².